The van der Waals surface area contributed by atoms with Crippen molar-refractivity contribution in [1.29, 1.82) is 0 Å². The highest BCUT2D eigenvalue weighted by molar-refractivity contribution is 7.90. The fourth-order valence-electron chi connectivity index (χ4n) is 4.17. The van der Waals surface area contributed by atoms with Crippen molar-refractivity contribution in [2.75, 3.05) is 32.2 Å². The highest BCUT2D eigenvalue weighted by Crippen LogP contribution is 2.45. The zero-order valence-corrected chi connectivity index (χ0v) is 26.0. The molecule has 11 heteroatoms. The smallest absolute Gasteiger partial charge is 0.267 e. The molecule has 0 unspecified atom stereocenters. The SMILES string of the molecule is CC.CS(=O)(=O)NC(=O)c1cc(C2CC2)c(OCC2CNC2)cc1F.CS(=O)(=O)c1ccc(Cc2ccccc2)cc1.[HH]. The van der Waals surface area contributed by atoms with Crippen LogP contribution in [0.5, 0.6) is 5.75 Å². The van der Waals surface area contributed by atoms with Gasteiger partial charge in [0.05, 0.1) is 23.3 Å². The molecule has 1 saturated heterocycles. The Morgan fingerprint density at radius 3 is 2.05 bits per heavy atom. The number of ether oxygens (including phenoxy) is 1. The number of sulfonamides is 1. The third-order valence-corrected chi connectivity index (χ3v) is 8.27. The zero-order valence-electron chi connectivity index (χ0n) is 24.4. The number of amides is 1. The predicted molar refractivity (Wildman–Crippen MR) is 165 cm³/mol. The van der Waals surface area contributed by atoms with E-state index in [0.717, 1.165) is 49.7 Å². The number of benzene rings is 3. The Labute approximate surface area is 250 Å². The fraction of sp³-hybridized carbons (Fsp3) is 0.387. The second-order valence-corrected chi connectivity index (χ2v) is 14.0. The van der Waals surface area contributed by atoms with Gasteiger partial charge in [-0.1, -0.05) is 56.3 Å². The standard InChI is InChI=1S/C15H19FN2O4S.C14H14O2S.C2H6.H2/c1-23(20,21)18-15(19)12-4-11(10-2-3-10)14(5-13(12)16)22-8-9-6-17-7-9;1-17(15,16)14-9-7-13(8-10-14)11-12-5-3-2-4-6-12;1-2;/h4-5,9-10,17H,2-3,6-8H2,1H3,(H,18,19);2-10H,11H2,1H3;1-2H3;1H. The minimum absolute atomic E-state index is 0. The fourth-order valence-corrected chi connectivity index (χ4v) is 5.24. The van der Waals surface area contributed by atoms with Crippen LogP contribution in [-0.2, 0) is 26.3 Å². The van der Waals surface area contributed by atoms with Gasteiger partial charge in [0.25, 0.3) is 5.91 Å². The number of nitrogens with one attached hydrogen (secondary N) is 2. The van der Waals surface area contributed by atoms with Crippen molar-refractivity contribution in [2.24, 2.45) is 5.92 Å². The number of carbonyl (C=O) groups excluding carboxylic acids is 1. The van der Waals surface area contributed by atoms with E-state index in [4.69, 9.17) is 4.74 Å². The van der Waals surface area contributed by atoms with E-state index >= 15 is 0 Å². The van der Waals surface area contributed by atoms with Gasteiger partial charge in [-0.15, -0.1) is 0 Å². The maximum absolute atomic E-state index is 14.2. The average molecular weight is 621 g/mol. The van der Waals surface area contributed by atoms with Gasteiger partial charge in [0, 0.05) is 32.8 Å². The van der Waals surface area contributed by atoms with Crippen molar-refractivity contribution < 1.29 is 32.2 Å². The molecular formula is C31H41FN2O6S2. The van der Waals surface area contributed by atoms with Crippen molar-refractivity contribution in [3.63, 3.8) is 0 Å². The molecule has 0 bridgehead atoms. The van der Waals surface area contributed by atoms with Gasteiger partial charge in [0.1, 0.15) is 11.6 Å². The minimum atomic E-state index is -3.74. The number of carbonyl (C=O) groups is 1. The van der Waals surface area contributed by atoms with Gasteiger partial charge in [0.15, 0.2) is 9.84 Å². The van der Waals surface area contributed by atoms with Crippen LogP contribution in [-0.4, -0.2) is 55.0 Å². The molecule has 1 heterocycles. The Kier molecular flexibility index (Phi) is 11.7. The largest absolute Gasteiger partial charge is 0.493 e. The van der Waals surface area contributed by atoms with Crippen LogP contribution in [0, 0.1) is 11.7 Å². The van der Waals surface area contributed by atoms with E-state index in [1.54, 1.807) is 16.9 Å². The Balaban J connectivity index is 0.000000288. The van der Waals surface area contributed by atoms with Crippen molar-refractivity contribution in [1.82, 2.24) is 10.0 Å². The molecule has 2 fully saturated rings. The first-order valence-electron chi connectivity index (χ1n) is 13.9. The molecule has 1 aliphatic heterocycles. The van der Waals surface area contributed by atoms with Crippen LogP contribution < -0.4 is 14.8 Å². The van der Waals surface area contributed by atoms with Crippen LogP contribution in [0.4, 0.5) is 4.39 Å². The maximum Gasteiger partial charge on any atom is 0.267 e. The van der Waals surface area contributed by atoms with E-state index in [1.165, 1.54) is 24.0 Å². The van der Waals surface area contributed by atoms with E-state index < -0.39 is 31.6 Å². The molecule has 0 spiro atoms. The van der Waals surface area contributed by atoms with Crippen LogP contribution in [0.15, 0.2) is 71.6 Å². The summed E-state index contributed by atoms with van der Waals surface area (Å²) in [5.74, 6) is -0.625. The first-order valence-corrected chi connectivity index (χ1v) is 17.7. The minimum Gasteiger partial charge on any atom is -0.493 e. The maximum atomic E-state index is 14.2. The summed E-state index contributed by atoms with van der Waals surface area (Å²) in [7, 11) is -6.83. The molecule has 0 radical (unpaired) electrons. The van der Waals surface area contributed by atoms with Gasteiger partial charge in [-0.25, -0.2) is 25.9 Å². The molecule has 1 amide bonds. The van der Waals surface area contributed by atoms with Crippen molar-refractivity contribution in [2.45, 2.75) is 43.9 Å². The highest BCUT2D eigenvalue weighted by Gasteiger charge is 2.30. The predicted octanol–water partition coefficient (Wildman–Crippen LogP) is 4.94. The molecule has 5 rings (SSSR count). The van der Waals surface area contributed by atoms with Gasteiger partial charge >= 0.3 is 0 Å². The first kappa shape index (κ1) is 33.2. The monoisotopic (exact) mass is 620 g/mol. The third kappa shape index (κ3) is 10.2. The van der Waals surface area contributed by atoms with Gasteiger partial charge in [-0.2, -0.15) is 0 Å². The lowest BCUT2D eigenvalue weighted by Crippen LogP contribution is -2.45. The van der Waals surface area contributed by atoms with Gasteiger partial charge in [-0.3, -0.25) is 4.79 Å². The van der Waals surface area contributed by atoms with E-state index in [-0.39, 0.29) is 12.9 Å². The molecule has 2 N–H and O–H groups in total. The average Bonchev–Trinajstić information content (AvgIpc) is 3.74. The molecule has 230 valence electrons. The molecule has 1 saturated carbocycles. The summed E-state index contributed by atoms with van der Waals surface area (Å²) in [6, 6.07) is 19.8. The molecule has 3 aromatic rings. The lowest BCUT2D eigenvalue weighted by molar-refractivity contribution is 0.0977. The molecule has 3 aromatic carbocycles. The normalized spacial score (nSPS) is 14.8. The second kappa shape index (κ2) is 14.8. The van der Waals surface area contributed by atoms with E-state index in [2.05, 4.69) is 17.4 Å². The number of sulfone groups is 1. The number of rotatable bonds is 9. The highest BCUT2D eigenvalue weighted by atomic mass is 32.2. The summed E-state index contributed by atoms with van der Waals surface area (Å²) in [6.07, 6.45) is 4.82. The van der Waals surface area contributed by atoms with Crippen molar-refractivity contribution >= 4 is 25.8 Å². The molecule has 0 aromatic heterocycles. The van der Waals surface area contributed by atoms with Gasteiger partial charge < -0.3 is 10.1 Å². The molecular weight excluding hydrogens is 579 g/mol. The number of hydrogen-bond acceptors (Lipinski definition) is 7. The summed E-state index contributed by atoms with van der Waals surface area (Å²) < 4.78 is 66.7. The zero-order chi connectivity index (χ0) is 30.9. The lowest BCUT2D eigenvalue weighted by Gasteiger charge is -2.27. The number of hydrogen-bond donors (Lipinski definition) is 2. The Hall–Kier alpha value is -3.28. The lowest BCUT2D eigenvalue weighted by atomic mass is 10.0. The van der Waals surface area contributed by atoms with Crippen LogP contribution in [0.2, 0.25) is 0 Å². The molecule has 2 aliphatic rings. The Morgan fingerprint density at radius 1 is 0.952 bits per heavy atom. The quantitative estimate of drug-likeness (QED) is 0.348. The third-order valence-electron chi connectivity index (χ3n) is 6.58. The van der Waals surface area contributed by atoms with E-state index in [1.807, 2.05) is 44.2 Å². The number of halogens is 1. The second-order valence-electron chi connectivity index (χ2n) is 10.3. The molecule has 0 atom stereocenters. The molecule has 1 aliphatic carbocycles. The van der Waals surface area contributed by atoms with Crippen LogP contribution >= 0.6 is 0 Å². The van der Waals surface area contributed by atoms with Crippen LogP contribution in [0.3, 0.4) is 0 Å². The Bertz CT molecular complexity index is 1560. The molecule has 42 heavy (non-hydrogen) atoms. The topological polar surface area (TPSA) is 119 Å². The summed E-state index contributed by atoms with van der Waals surface area (Å²) >= 11 is 0. The molecule has 8 nitrogen and oxygen atoms in total. The van der Waals surface area contributed by atoms with Crippen molar-refractivity contribution in [3.05, 3.63) is 94.8 Å². The summed E-state index contributed by atoms with van der Waals surface area (Å²) in [6.45, 7) is 6.27. The Morgan fingerprint density at radius 2 is 1.55 bits per heavy atom. The van der Waals surface area contributed by atoms with Crippen LogP contribution in [0.1, 0.15) is 61.1 Å². The van der Waals surface area contributed by atoms with Gasteiger partial charge in [-0.05, 0) is 60.1 Å². The summed E-state index contributed by atoms with van der Waals surface area (Å²) in [5.41, 5.74) is 2.84. The van der Waals surface area contributed by atoms with Crippen LogP contribution in [0.25, 0.3) is 0 Å². The summed E-state index contributed by atoms with van der Waals surface area (Å²) in [4.78, 5) is 12.3. The van der Waals surface area contributed by atoms with Gasteiger partial charge in [0.2, 0.25) is 10.0 Å². The summed E-state index contributed by atoms with van der Waals surface area (Å²) in [5, 5.41) is 3.14. The van der Waals surface area contributed by atoms with Crippen molar-refractivity contribution in [3.8, 4) is 5.75 Å². The van der Waals surface area contributed by atoms with E-state index in [0.29, 0.717) is 23.2 Å². The first-order chi connectivity index (χ1) is 19.9. The van der Waals surface area contributed by atoms with E-state index in [9.17, 15) is 26.0 Å².